The fraction of sp³-hybridized carbons (Fsp3) is 0.500. The normalized spacial score (nSPS) is 17.6. The van der Waals surface area contributed by atoms with Gasteiger partial charge in [0, 0.05) is 30.3 Å². The predicted molar refractivity (Wildman–Crippen MR) is 96.4 cm³/mol. The van der Waals surface area contributed by atoms with Crippen molar-refractivity contribution in [2.75, 3.05) is 25.5 Å². The van der Waals surface area contributed by atoms with Crippen LogP contribution in [-0.2, 0) is 6.42 Å². The minimum atomic E-state index is -0.197. The van der Waals surface area contributed by atoms with E-state index in [1.54, 1.807) is 0 Å². The number of hydrogen-bond acceptors (Lipinski definition) is 5. The number of nitrogens with one attached hydrogen (secondary N) is 2. The molecule has 1 aliphatic heterocycles. The van der Waals surface area contributed by atoms with E-state index in [1.165, 1.54) is 12.8 Å². The van der Waals surface area contributed by atoms with Crippen molar-refractivity contribution in [1.29, 1.82) is 0 Å². The average Bonchev–Trinajstić information content (AvgIpc) is 3.24. The molecular weight excluding hydrogens is 318 g/mol. The maximum absolute atomic E-state index is 12.1. The van der Waals surface area contributed by atoms with E-state index in [-0.39, 0.29) is 6.03 Å². The van der Waals surface area contributed by atoms with E-state index in [0.29, 0.717) is 30.0 Å². The molecule has 0 aliphatic carbocycles. The number of aryl methyl sites for hydroxylation is 1. The lowest BCUT2D eigenvalue weighted by molar-refractivity contribution is 0.248. The Morgan fingerprint density at radius 2 is 2.32 bits per heavy atom. The van der Waals surface area contributed by atoms with Crippen LogP contribution < -0.4 is 10.6 Å². The number of hydrogen-bond donors (Lipinski definition) is 2. The predicted octanol–water partition coefficient (Wildman–Crippen LogP) is 2.90. The monoisotopic (exact) mass is 343 g/mol. The zero-order valence-corrected chi connectivity index (χ0v) is 14.8. The molecule has 2 heterocycles. The lowest BCUT2D eigenvalue weighted by atomic mass is 10.1. The number of aromatic nitrogens is 2. The summed E-state index contributed by atoms with van der Waals surface area (Å²) >= 11 is 0. The van der Waals surface area contributed by atoms with Crippen molar-refractivity contribution >= 4 is 11.7 Å². The molecule has 1 unspecified atom stereocenters. The van der Waals surface area contributed by atoms with Gasteiger partial charge in [-0.05, 0) is 51.1 Å². The van der Waals surface area contributed by atoms with Gasteiger partial charge in [-0.25, -0.2) is 4.79 Å². The summed E-state index contributed by atoms with van der Waals surface area (Å²) in [5, 5.41) is 9.68. The quantitative estimate of drug-likeness (QED) is 0.842. The highest BCUT2D eigenvalue weighted by Gasteiger charge is 2.20. The van der Waals surface area contributed by atoms with E-state index in [1.807, 2.05) is 31.2 Å². The van der Waals surface area contributed by atoms with Crippen molar-refractivity contribution in [3.63, 3.8) is 0 Å². The van der Waals surface area contributed by atoms with Gasteiger partial charge in [-0.1, -0.05) is 18.1 Å². The van der Waals surface area contributed by atoms with Crippen LogP contribution in [0, 0.1) is 0 Å². The third-order valence-corrected chi connectivity index (χ3v) is 4.59. The second-order valence-corrected chi connectivity index (χ2v) is 6.40. The van der Waals surface area contributed by atoms with Crippen molar-refractivity contribution in [2.24, 2.45) is 0 Å². The second-order valence-electron chi connectivity index (χ2n) is 6.40. The smallest absolute Gasteiger partial charge is 0.319 e. The highest BCUT2D eigenvalue weighted by molar-refractivity contribution is 5.89. The van der Waals surface area contributed by atoms with Crippen LogP contribution >= 0.6 is 0 Å². The number of carbonyl (C=O) groups is 1. The molecule has 1 saturated heterocycles. The number of carbonyl (C=O) groups excluding carboxylic acids is 1. The molecule has 3 rings (SSSR count). The molecule has 2 amide bonds. The molecule has 2 aromatic rings. The Morgan fingerprint density at radius 1 is 1.44 bits per heavy atom. The van der Waals surface area contributed by atoms with Crippen LogP contribution in [0.3, 0.4) is 0 Å². The molecular formula is C18H25N5O2. The molecule has 7 nitrogen and oxygen atoms in total. The zero-order valence-electron chi connectivity index (χ0n) is 14.8. The zero-order chi connectivity index (χ0) is 17.6. The van der Waals surface area contributed by atoms with Gasteiger partial charge in [0.1, 0.15) is 0 Å². The first-order valence-electron chi connectivity index (χ1n) is 8.84. The molecule has 0 bridgehead atoms. The average molecular weight is 343 g/mol. The first kappa shape index (κ1) is 17.4. The molecule has 134 valence electrons. The lowest BCUT2D eigenvalue weighted by Crippen LogP contribution is -2.34. The molecule has 7 heteroatoms. The van der Waals surface area contributed by atoms with Crippen molar-refractivity contribution in [1.82, 2.24) is 20.4 Å². The van der Waals surface area contributed by atoms with Gasteiger partial charge in [0.2, 0.25) is 0 Å². The van der Waals surface area contributed by atoms with E-state index in [2.05, 4.69) is 32.7 Å². The summed E-state index contributed by atoms with van der Waals surface area (Å²) < 4.78 is 5.24. The number of anilines is 1. The molecule has 2 N–H and O–H groups in total. The van der Waals surface area contributed by atoms with Crippen molar-refractivity contribution in [2.45, 2.75) is 38.6 Å². The van der Waals surface area contributed by atoms with E-state index in [9.17, 15) is 4.79 Å². The van der Waals surface area contributed by atoms with Gasteiger partial charge in [0.15, 0.2) is 5.82 Å². The summed E-state index contributed by atoms with van der Waals surface area (Å²) in [6.07, 6.45) is 4.16. The molecule has 1 atom stereocenters. The van der Waals surface area contributed by atoms with Gasteiger partial charge in [0.05, 0.1) is 0 Å². The first-order valence-corrected chi connectivity index (χ1v) is 8.84. The summed E-state index contributed by atoms with van der Waals surface area (Å²) in [6, 6.07) is 7.79. The number of benzene rings is 1. The highest BCUT2D eigenvalue weighted by atomic mass is 16.5. The number of urea groups is 1. The van der Waals surface area contributed by atoms with E-state index in [0.717, 1.165) is 24.9 Å². The third kappa shape index (κ3) is 4.57. The molecule has 1 aromatic carbocycles. The van der Waals surface area contributed by atoms with E-state index >= 15 is 0 Å². The molecule has 0 spiro atoms. The number of amides is 2. The van der Waals surface area contributed by atoms with Gasteiger partial charge in [-0.15, -0.1) is 0 Å². The van der Waals surface area contributed by atoms with Crippen LogP contribution in [0.15, 0.2) is 28.8 Å². The Kier molecular flexibility index (Phi) is 5.65. The maximum Gasteiger partial charge on any atom is 0.319 e. The standard InChI is InChI=1S/C18H25N5O2/c1-3-16-21-17(25-22-16)13-6-4-7-14(12-13)20-18(24)19-10-9-15-8-5-11-23(15)2/h4,6-7,12,15H,3,5,8-11H2,1-2H3,(H2,19,20,24). The second kappa shape index (κ2) is 8.11. The number of likely N-dealkylation sites (tertiary alicyclic amines) is 1. The number of rotatable bonds is 6. The molecule has 1 aliphatic rings. The van der Waals surface area contributed by atoms with Gasteiger partial charge >= 0.3 is 6.03 Å². The summed E-state index contributed by atoms with van der Waals surface area (Å²) in [7, 11) is 2.14. The topological polar surface area (TPSA) is 83.3 Å². The third-order valence-electron chi connectivity index (χ3n) is 4.59. The SMILES string of the molecule is CCc1noc(-c2cccc(NC(=O)NCCC3CCCN3C)c2)n1. The fourth-order valence-corrected chi connectivity index (χ4v) is 3.12. The Hall–Kier alpha value is -2.41. The maximum atomic E-state index is 12.1. The largest absolute Gasteiger partial charge is 0.338 e. The summed E-state index contributed by atoms with van der Waals surface area (Å²) in [6.45, 7) is 3.80. The van der Waals surface area contributed by atoms with Gasteiger partial charge in [0.25, 0.3) is 5.89 Å². The number of nitrogens with zero attached hydrogens (tertiary/aromatic N) is 3. The molecule has 1 fully saturated rings. The molecule has 0 radical (unpaired) electrons. The molecule has 0 saturated carbocycles. The summed E-state index contributed by atoms with van der Waals surface area (Å²) in [4.78, 5) is 18.7. The van der Waals surface area contributed by atoms with Crippen LogP contribution in [0.2, 0.25) is 0 Å². The fourth-order valence-electron chi connectivity index (χ4n) is 3.12. The van der Waals surface area contributed by atoms with Crippen LogP contribution in [0.25, 0.3) is 11.5 Å². The Balaban J connectivity index is 1.52. The lowest BCUT2D eigenvalue weighted by Gasteiger charge is -2.19. The van der Waals surface area contributed by atoms with Crippen molar-refractivity contribution in [3.05, 3.63) is 30.1 Å². The van der Waals surface area contributed by atoms with E-state index in [4.69, 9.17) is 4.52 Å². The van der Waals surface area contributed by atoms with Gasteiger partial charge in [-0.2, -0.15) is 4.98 Å². The summed E-state index contributed by atoms with van der Waals surface area (Å²) in [5.41, 5.74) is 1.49. The molecule has 1 aromatic heterocycles. The van der Waals surface area contributed by atoms with Gasteiger partial charge < -0.3 is 20.1 Å². The Labute approximate surface area is 147 Å². The van der Waals surface area contributed by atoms with Gasteiger partial charge in [-0.3, -0.25) is 0 Å². The van der Waals surface area contributed by atoms with Crippen LogP contribution in [0.4, 0.5) is 10.5 Å². The summed E-state index contributed by atoms with van der Waals surface area (Å²) in [5.74, 6) is 1.13. The van der Waals surface area contributed by atoms with E-state index < -0.39 is 0 Å². The first-order chi connectivity index (χ1) is 12.2. The van der Waals surface area contributed by atoms with Crippen molar-refractivity contribution < 1.29 is 9.32 Å². The Bertz CT molecular complexity index is 715. The van der Waals surface area contributed by atoms with Crippen LogP contribution in [-0.4, -0.2) is 47.3 Å². The van der Waals surface area contributed by atoms with Crippen LogP contribution in [0.5, 0.6) is 0 Å². The highest BCUT2D eigenvalue weighted by Crippen LogP contribution is 2.21. The van der Waals surface area contributed by atoms with Crippen LogP contribution in [0.1, 0.15) is 32.0 Å². The molecule has 25 heavy (non-hydrogen) atoms. The minimum Gasteiger partial charge on any atom is -0.338 e. The Morgan fingerprint density at radius 3 is 3.04 bits per heavy atom. The minimum absolute atomic E-state index is 0.197. The van der Waals surface area contributed by atoms with Crippen molar-refractivity contribution in [3.8, 4) is 11.5 Å².